The van der Waals surface area contributed by atoms with E-state index in [2.05, 4.69) is 5.10 Å². The molecule has 1 unspecified atom stereocenters. The summed E-state index contributed by atoms with van der Waals surface area (Å²) in [6, 6.07) is 0. The summed E-state index contributed by atoms with van der Waals surface area (Å²) in [7, 11) is 1.90. The molecule has 2 rings (SSSR count). The first kappa shape index (κ1) is 8.75. The first-order chi connectivity index (χ1) is 6.24. The number of rotatable bonds is 4. The first-order valence-electron chi connectivity index (χ1n) is 4.89. The number of hydrogen-bond donors (Lipinski definition) is 1. The molecule has 72 valence electrons. The van der Waals surface area contributed by atoms with Gasteiger partial charge in [-0.1, -0.05) is 12.8 Å². The highest BCUT2D eigenvalue weighted by Gasteiger charge is 2.24. The minimum absolute atomic E-state index is 0.170. The van der Waals surface area contributed by atoms with Gasteiger partial charge in [0.25, 0.3) is 0 Å². The molecule has 0 spiro atoms. The van der Waals surface area contributed by atoms with Crippen molar-refractivity contribution in [3.8, 4) is 0 Å². The van der Waals surface area contributed by atoms with Crippen LogP contribution in [0.5, 0.6) is 0 Å². The molecule has 1 fully saturated rings. The van der Waals surface area contributed by atoms with Crippen LogP contribution in [0, 0.1) is 5.92 Å². The molecule has 1 aromatic heterocycles. The van der Waals surface area contributed by atoms with Gasteiger partial charge in [-0.2, -0.15) is 5.10 Å². The zero-order valence-corrected chi connectivity index (χ0v) is 7.98. The van der Waals surface area contributed by atoms with Crippen molar-refractivity contribution in [2.45, 2.75) is 31.8 Å². The first-order valence-corrected chi connectivity index (χ1v) is 4.89. The summed E-state index contributed by atoms with van der Waals surface area (Å²) in [6.45, 7) is 0. The highest BCUT2D eigenvalue weighted by Crippen LogP contribution is 2.33. The third-order valence-corrected chi connectivity index (χ3v) is 2.53. The fraction of sp³-hybridized carbons (Fsp3) is 0.700. The van der Waals surface area contributed by atoms with Gasteiger partial charge in [0.15, 0.2) is 0 Å². The molecule has 0 radical (unpaired) electrons. The third-order valence-electron chi connectivity index (χ3n) is 2.53. The summed E-state index contributed by atoms with van der Waals surface area (Å²) >= 11 is 0. The van der Waals surface area contributed by atoms with E-state index in [1.165, 1.54) is 12.8 Å². The zero-order valence-electron chi connectivity index (χ0n) is 7.98. The Morgan fingerprint density at radius 2 is 2.46 bits per heavy atom. The molecule has 1 aliphatic rings. The van der Waals surface area contributed by atoms with Crippen molar-refractivity contribution in [2.24, 2.45) is 13.0 Å². The van der Waals surface area contributed by atoms with Crippen LogP contribution in [-0.4, -0.2) is 21.0 Å². The predicted octanol–water partition coefficient (Wildman–Crippen LogP) is 1.12. The predicted molar refractivity (Wildman–Crippen MR) is 50.3 cm³/mol. The summed E-state index contributed by atoms with van der Waals surface area (Å²) in [4.78, 5) is 0. The minimum atomic E-state index is -0.170. The average molecular weight is 180 g/mol. The van der Waals surface area contributed by atoms with Gasteiger partial charge in [0.05, 0.1) is 12.3 Å². The van der Waals surface area contributed by atoms with Crippen LogP contribution in [0.3, 0.4) is 0 Å². The van der Waals surface area contributed by atoms with Crippen molar-refractivity contribution in [3.05, 3.63) is 18.0 Å². The average Bonchev–Trinajstić information content (AvgIpc) is 2.76. The Labute approximate surface area is 78.4 Å². The van der Waals surface area contributed by atoms with Gasteiger partial charge in [-0.3, -0.25) is 4.68 Å². The SMILES string of the molecule is Cn1cc(CC(O)CC2CC2)cn1. The molecule has 1 saturated carbocycles. The Kier molecular flexibility index (Phi) is 2.36. The van der Waals surface area contributed by atoms with Gasteiger partial charge in [0, 0.05) is 19.7 Å². The smallest absolute Gasteiger partial charge is 0.0584 e. The van der Waals surface area contributed by atoms with Gasteiger partial charge in [-0.05, 0) is 17.9 Å². The van der Waals surface area contributed by atoms with Crippen molar-refractivity contribution in [2.75, 3.05) is 0 Å². The Hall–Kier alpha value is -0.830. The normalized spacial score (nSPS) is 18.9. The van der Waals surface area contributed by atoms with E-state index in [0.717, 1.165) is 24.3 Å². The van der Waals surface area contributed by atoms with Crippen LogP contribution in [0.25, 0.3) is 0 Å². The Balaban J connectivity index is 1.82. The molecule has 1 atom stereocenters. The van der Waals surface area contributed by atoms with E-state index in [1.54, 1.807) is 4.68 Å². The zero-order chi connectivity index (χ0) is 9.26. The van der Waals surface area contributed by atoms with Crippen molar-refractivity contribution in [3.63, 3.8) is 0 Å². The lowest BCUT2D eigenvalue weighted by molar-refractivity contribution is 0.158. The van der Waals surface area contributed by atoms with Crippen LogP contribution in [0.1, 0.15) is 24.8 Å². The molecule has 0 aliphatic heterocycles. The number of aliphatic hydroxyl groups excluding tert-OH is 1. The highest BCUT2D eigenvalue weighted by molar-refractivity contribution is 5.05. The maximum atomic E-state index is 9.69. The van der Waals surface area contributed by atoms with Crippen molar-refractivity contribution >= 4 is 0 Å². The fourth-order valence-electron chi connectivity index (χ4n) is 1.67. The second kappa shape index (κ2) is 3.50. The third kappa shape index (κ3) is 2.56. The lowest BCUT2D eigenvalue weighted by atomic mass is 10.1. The van der Waals surface area contributed by atoms with Gasteiger partial charge < -0.3 is 5.11 Å². The molecule has 3 nitrogen and oxygen atoms in total. The lowest BCUT2D eigenvalue weighted by Crippen LogP contribution is -2.10. The van der Waals surface area contributed by atoms with E-state index in [4.69, 9.17) is 0 Å². The molecular weight excluding hydrogens is 164 g/mol. The number of nitrogens with zero attached hydrogens (tertiary/aromatic N) is 2. The van der Waals surface area contributed by atoms with Gasteiger partial charge >= 0.3 is 0 Å². The summed E-state index contributed by atoms with van der Waals surface area (Å²) < 4.78 is 1.78. The molecule has 1 aliphatic carbocycles. The van der Waals surface area contributed by atoms with E-state index >= 15 is 0 Å². The second-order valence-electron chi connectivity index (χ2n) is 4.06. The number of aliphatic hydroxyl groups is 1. The van der Waals surface area contributed by atoms with Gasteiger partial charge in [-0.25, -0.2) is 0 Å². The highest BCUT2D eigenvalue weighted by atomic mass is 16.3. The van der Waals surface area contributed by atoms with Crippen LogP contribution < -0.4 is 0 Å². The van der Waals surface area contributed by atoms with E-state index in [1.807, 2.05) is 19.4 Å². The van der Waals surface area contributed by atoms with Crippen molar-refractivity contribution in [1.82, 2.24) is 9.78 Å². The standard InChI is InChI=1S/C10H16N2O/c1-12-7-9(6-11-12)5-10(13)4-8-2-3-8/h6-8,10,13H,2-5H2,1H3. The van der Waals surface area contributed by atoms with Crippen LogP contribution in [0.2, 0.25) is 0 Å². The maximum absolute atomic E-state index is 9.69. The molecule has 0 bridgehead atoms. The van der Waals surface area contributed by atoms with Gasteiger partial charge in [0.1, 0.15) is 0 Å². The molecule has 1 heterocycles. The summed E-state index contributed by atoms with van der Waals surface area (Å²) in [5.41, 5.74) is 1.13. The summed E-state index contributed by atoms with van der Waals surface area (Å²) in [5, 5.41) is 13.8. The summed E-state index contributed by atoms with van der Waals surface area (Å²) in [6.07, 6.45) is 7.97. The molecule has 0 saturated heterocycles. The summed E-state index contributed by atoms with van der Waals surface area (Å²) in [5.74, 6) is 0.798. The fourth-order valence-corrected chi connectivity index (χ4v) is 1.67. The van der Waals surface area contributed by atoms with Crippen LogP contribution >= 0.6 is 0 Å². The molecular formula is C10H16N2O. The molecule has 3 heteroatoms. The maximum Gasteiger partial charge on any atom is 0.0584 e. The van der Waals surface area contributed by atoms with Crippen molar-refractivity contribution < 1.29 is 5.11 Å². The van der Waals surface area contributed by atoms with Crippen molar-refractivity contribution in [1.29, 1.82) is 0 Å². The molecule has 0 aromatic carbocycles. The van der Waals surface area contributed by atoms with E-state index < -0.39 is 0 Å². The van der Waals surface area contributed by atoms with E-state index in [9.17, 15) is 5.11 Å². The quantitative estimate of drug-likeness (QED) is 0.754. The van der Waals surface area contributed by atoms with Crippen LogP contribution in [-0.2, 0) is 13.5 Å². The largest absolute Gasteiger partial charge is 0.393 e. The second-order valence-corrected chi connectivity index (χ2v) is 4.06. The van der Waals surface area contributed by atoms with Gasteiger partial charge in [-0.15, -0.1) is 0 Å². The number of hydrogen-bond acceptors (Lipinski definition) is 2. The Morgan fingerprint density at radius 1 is 1.69 bits per heavy atom. The topological polar surface area (TPSA) is 38.0 Å². The molecule has 13 heavy (non-hydrogen) atoms. The van der Waals surface area contributed by atoms with E-state index in [-0.39, 0.29) is 6.10 Å². The molecule has 1 aromatic rings. The van der Waals surface area contributed by atoms with E-state index in [0.29, 0.717) is 0 Å². The molecule has 0 amide bonds. The van der Waals surface area contributed by atoms with Gasteiger partial charge in [0.2, 0.25) is 0 Å². The number of aryl methyl sites for hydroxylation is 1. The monoisotopic (exact) mass is 180 g/mol. The van der Waals surface area contributed by atoms with Crippen LogP contribution in [0.15, 0.2) is 12.4 Å². The molecule has 1 N–H and O–H groups in total. The Morgan fingerprint density at radius 3 is 3.00 bits per heavy atom. The number of aromatic nitrogens is 2. The van der Waals surface area contributed by atoms with Crippen LogP contribution in [0.4, 0.5) is 0 Å². The Bertz CT molecular complexity index is 278. The lowest BCUT2D eigenvalue weighted by Gasteiger charge is -2.06. The minimum Gasteiger partial charge on any atom is -0.393 e.